The Morgan fingerprint density at radius 3 is 3.00 bits per heavy atom. The first-order valence-corrected chi connectivity index (χ1v) is 5.35. The molecule has 1 atom stereocenters. The average molecular weight is 238 g/mol. The molecular weight excluding hydrogens is 224 g/mol. The molecule has 7 heteroatoms. The van der Waals surface area contributed by atoms with Gasteiger partial charge in [0.25, 0.3) is 5.56 Å². The second kappa shape index (κ2) is 4.86. The van der Waals surface area contributed by atoms with E-state index in [1.54, 1.807) is 0 Å². The number of ether oxygens (including phenoxy) is 1. The summed E-state index contributed by atoms with van der Waals surface area (Å²) in [6.07, 6.45) is 2.50. The molecule has 0 aliphatic carbocycles. The number of aromatic nitrogens is 2. The van der Waals surface area contributed by atoms with Crippen LogP contribution in [-0.2, 0) is 4.79 Å². The zero-order valence-corrected chi connectivity index (χ0v) is 9.45. The minimum absolute atomic E-state index is 0.0499. The summed E-state index contributed by atoms with van der Waals surface area (Å²) in [5.74, 6) is 0.607. The summed E-state index contributed by atoms with van der Waals surface area (Å²) in [7, 11) is 1.42. The van der Waals surface area contributed by atoms with Crippen LogP contribution >= 0.6 is 0 Å². The monoisotopic (exact) mass is 238 g/mol. The number of rotatable bonds is 3. The fourth-order valence-electron chi connectivity index (χ4n) is 1.73. The number of methoxy groups -OCH3 is 1. The van der Waals surface area contributed by atoms with E-state index < -0.39 is 0 Å². The number of anilines is 1. The summed E-state index contributed by atoms with van der Waals surface area (Å²) in [6, 6.07) is 0.0656. The molecule has 1 saturated heterocycles. The zero-order chi connectivity index (χ0) is 12.3. The number of hydrogen-bond donors (Lipinski definition) is 3. The van der Waals surface area contributed by atoms with Gasteiger partial charge in [-0.3, -0.25) is 9.59 Å². The molecule has 17 heavy (non-hydrogen) atoms. The Morgan fingerprint density at radius 1 is 1.53 bits per heavy atom. The molecule has 0 aromatic carbocycles. The summed E-state index contributed by atoms with van der Waals surface area (Å²) in [5, 5.41) is 5.84. The van der Waals surface area contributed by atoms with Crippen molar-refractivity contribution in [1.29, 1.82) is 0 Å². The Labute approximate surface area is 97.6 Å². The van der Waals surface area contributed by atoms with Gasteiger partial charge in [-0.1, -0.05) is 0 Å². The summed E-state index contributed by atoms with van der Waals surface area (Å²) >= 11 is 0. The van der Waals surface area contributed by atoms with Crippen LogP contribution in [0.2, 0.25) is 0 Å². The number of nitrogens with zero attached hydrogens (tertiary/aromatic N) is 1. The quantitative estimate of drug-likeness (QED) is 0.657. The molecule has 1 aliphatic heterocycles. The normalized spacial score (nSPS) is 19.6. The van der Waals surface area contributed by atoms with Gasteiger partial charge in [0.15, 0.2) is 5.82 Å². The van der Waals surface area contributed by atoms with E-state index in [1.807, 2.05) is 0 Å². The van der Waals surface area contributed by atoms with Crippen molar-refractivity contribution in [2.24, 2.45) is 0 Å². The maximum atomic E-state index is 11.4. The van der Waals surface area contributed by atoms with E-state index in [-0.39, 0.29) is 23.3 Å². The van der Waals surface area contributed by atoms with Crippen LogP contribution in [0.5, 0.6) is 5.75 Å². The summed E-state index contributed by atoms with van der Waals surface area (Å²) in [4.78, 5) is 28.9. The van der Waals surface area contributed by atoms with Crippen molar-refractivity contribution in [1.82, 2.24) is 15.3 Å². The number of hydrogen-bond acceptors (Lipinski definition) is 5. The molecule has 2 rings (SSSR count). The fourth-order valence-corrected chi connectivity index (χ4v) is 1.73. The van der Waals surface area contributed by atoms with Crippen molar-refractivity contribution in [3.05, 3.63) is 16.7 Å². The molecule has 1 aromatic heterocycles. The van der Waals surface area contributed by atoms with Crippen LogP contribution in [0.4, 0.5) is 5.82 Å². The van der Waals surface area contributed by atoms with Crippen LogP contribution in [0.1, 0.15) is 12.8 Å². The van der Waals surface area contributed by atoms with Gasteiger partial charge in [0.1, 0.15) is 0 Å². The van der Waals surface area contributed by atoms with E-state index >= 15 is 0 Å². The number of H-pyrrole nitrogens is 1. The highest BCUT2D eigenvalue weighted by Gasteiger charge is 2.20. The van der Waals surface area contributed by atoms with Gasteiger partial charge in [-0.25, -0.2) is 4.98 Å². The van der Waals surface area contributed by atoms with Crippen molar-refractivity contribution in [3.63, 3.8) is 0 Å². The van der Waals surface area contributed by atoms with Crippen LogP contribution in [0.15, 0.2) is 11.1 Å². The summed E-state index contributed by atoms with van der Waals surface area (Å²) < 4.78 is 4.98. The van der Waals surface area contributed by atoms with E-state index in [2.05, 4.69) is 20.6 Å². The fraction of sp³-hybridized carbons (Fsp3) is 0.500. The van der Waals surface area contributed by atoms with Gasteiger partial charge in [0.05, 0.1) is 13.4 Å². The van der Waals surface area contributed by atoms with E-state index in [0.717, 1.165) is 0 Å². The average Bonchev–Trinajstić information content (AvgIpc) is 2.32. The van der Waals surface area contributed by atoms with Crippen molar-refractivity contribution in [3.8, 4) is 5.75 Å². The molecule has 1 unspecified atom stereocenters. The van der Waals surface area contributed by atoms with Gasteiger partial charge < -0.3 is 20.4 Å². The first-order valence-electron chi connectivity index (χ1n) is 5.35. The van der Waals surface area contributed by atoms with Crippen LogP contribution in [-0.4, -0.2) is 35.6 Å². The minimum atomic E-state index is -0.329. The van der Waals surface area contributed by atoms with Crippen LogP contribution in [0.25, 0.3) is 0 Å². The lowest BCUT2D eigenvalue weighted by molar-refractivity contribution is -0.122. The summed E-state index contributed by atoms with van der Waals surface area (Å²) in [6.45, 7) is 0.524. The molecule has 0 saturated carbocycles. The third kappa shape index (κ3) is 2.55. The molecule has 1 aromatic rings. The molecule has 3 N–H and O–H groups in total. The SMILES string of the molecule is COc1c(NC2CCC(=O)NC2)nc[nH]c1=O. The molecular formula is C10H14N4O3. The molecule has 1 amide bonds. The van der Waals surface area contributed by atoms with E-state index in [9.17, 15) is 9.59 Å². The van der Waals surface area contributed by atoms with Crippen molar-refractivity contribution in [2.75, 3.05) is 19.0 Å². The highest BCUT2D eigenvalue weighted by Crippen LogP contribution is 2.17. The third-order valence-electron chi connectivity index (χ3n) is 2.62. The Balaban J connectivity index is 2.11. The number of amides is 1. The smallest absolute Gasteiger partial charge is 0.295 e. The third-order valence-corrected chi connectivity index (χ3v) is 2.62. The van der Waals surface area contributed by atoms with Crippen LogP contribution < -0.4 is 20.9 Å². The molecule has 0 bridgehead atoms. The minimum Gasteiger partial charge on any atom is -0.489 e. The number of aromatic amines is 1. The maximum absolute atomic E-state index is 11.4. The molecule has 1 aliphatic rings. The predicted octanol–water partition coefficient (Wildman–Crippen LogP) is -0.531. The van der Waals surface area contributed by atoms with Crippen LogP contribution in [0.3, 0.4) is 0 Å². The van der Waals surface area contributed by atoms with Gasteiger partial charge in [0, 0.05) is 19.0 Å². The predicted molar refractivity (Wildman–Crippen MR) is 61.1 cm³/mol. The van der Waals surface area contributed by atoms with Gasteiger partial charge in [0.2, 0.25) is 11.7 Å². The first-order chi connectivity index (χ1) is 8.20. The highest BCUT2D eigenvalue weighted by atomic mass is 16.5. The van der Waals surface area contributed by atoms with Crippen LogP contribution in [0, 0.1) is 0 Å². The van der Waals surface area contributed by atoms with E-state index in [4.69, 9.17) is 4.74 Å². The van der Waals surface area contributed by atoms with Gasteiger partial charge in [-0.05, 0) is 6.42 Å². The van der Waals surface area contributed by atoms with Gasteiger partial charge in [-0.15, -0.1) is 0 Å². The molecule has 1 fully saturated rings. The summed E-state index contributed by atoms with van der Waals surface area (Å²) in [5.41, 5.74) is -0.329. The number of carbonyl (C=O) groups is 1. The molecule has 2 heterocycles. The molecule has 0 spiro atoms. The first kappa shape index (κ1) is 11.4. The molecule has 7 nitrogen and oxygen atoms in total. The number of nitrogens with one attached hydrogen (secondary N) is 3. The lowest BCUT2D eigenvalue weighted by atomic mass is 10.1. The number of carbonyl (C=O) groups excluding carboxylic acids is 1. The zero-order valence-electron chi connectivity index (χ0n) is 9.45. The number of piperidine rings is 1. The second-order valence-corrected chi connectivity index (χ2v) is 3.80. The lowest BCUT2D eigenvalue weighted by Gasteiger charge is -2.24. The maximum Gasteiger partial charge on any atom is 0.295 e. The Kier molecular flexibility index (Phi) is 3.27. The van der Waals surface area contributed by atoms with E-state index in [0.29, 0.717) is 25.2 Å². The highest BCUT2D eigenvalue weighted by molar-refractivity contribution is 5.77. The van der Waals surface area contributed by atoms with Crippen molar-refractivity contribution < 1.29 is 9.53 Å². The van der Waals surface area contributed by atoms with E-state index in [1.165, 1.54) is 13.4 Å². The lowest BCUT2D eigenvalue weighted by Crippen LogP contribution is -2.42. The topological polar surface area (TPSA) is 96.1 Å². The Hall–Kier alpha value is -2.05. The Morgan fingerprint density at radius 2 is 2.35 bits per heavy atom. The van der Waals surface area contributed by atoms with Gasteiger partial charge in [-0.2, -0.15) is 0 Å². The van der Waals surface area contributed by atoms with Crippen molar-refractivity contribution in [2.45, 2.75) is 18.9 Å². The second-order valence-electron chi connectivity index (χ2n) is 3.80. The Bertz CT molecular complexity index is 461. The standard InChI is InChI=1S/C10H14N4O3/c1-17-8-9(12-5-13-10(8)16)14-6-2-3-7(15)11-4-6/h5-6H,2-4H2,1H3,(H,11,15)(H2,12,13,14,16). The van der Waals surface area contributed by atoms with Gasteiger partial charge >= 0.3 is 0 Å². The molecule has 0 radical (unpaired) electrons. The van der Waals surface area contributed by atoms with Crippen molar-refractivity contribution >= 4 is 11.7 Å². The molecule has 92 valence electrons. The largest absolute Gasteiger partial charge is 0.489 e.